The Kier molecular flexibility index (Phi) is 7.23. The number of carbonyl (C=O) groups is 2. The van der Waals surface area contributed by atoms with Gasteiger partial charge >= 0.3 is 12.4 Å². The number of halogens is 6. The highest BCUT2D eigenvalue weighted by atomic mass is 32.2. The Bertz CT molecular complexity index is 1330. The first-order valence-electron chi connectivity index (χ1n) is 11.1. The van der Waals surface area contributed by atoms with Crippen molar-refractivity contribution in [2.24, 2.45) is 0 Å². The predicted octanol–water partition coefficient (Wildman–Crippen LogP) is 6.04. The molecule has 200 valence electrons. The number of carbonyl (C=O) groups excluding carboxylic acids is 2. The van der Waals surface area contributed by atoms with Gasteiger partial charge in [0.2, 0.25) is 6.41 Å². The summed E-state index contributed by atoms with van der Waals surface area (Å²) in [6.45, 7) is 0.290. The van der Waals surface area contributed by atoms with Crippen LogP contribution in [-0.2, 0) is 21.7 Å². The Labute approximate surface area is 217 Å². The van der Waals surface area contributed by atoms with Gasteiger partial charge in [0.1, 0.15) is 6.04 Å². The second kappa shape index (κ2) is 9.99. The molecule has 0 fully saturated rings. The standard InChI is InChI=1S/C26H20F6N2O3S/c1-38-20-10-11-21-17(12-20)13-34(14-35)22(21)23(36)33-19-8-4-16(5-9-19)15-2-6-18(7-3-15)24(37,25(27,28)29)26(30,31)32/h2-12,14,22,37H,13H2,1H3,(H,33,36). The first kappa shape index (κ1) is 27.5. The van der Waals surface area contributed by atoms with Crippen LogP contribution in [0, 0.1) is 0 Å². The van der Waals surface area contributed by atoms with Crippen LogP contribution in [0.1, 0.15) is 22.7 Å². The zero-order chi connectivity index (χ0) is 27.9. The highest BCUT2D eigenvalue weighted by Crippen LogP contribution is 2.50. The first-order chi connectivity index (χ1) is 17.8. The molecule has 1 unspecified atom stereocenters. The number of nitrogens with zero attached hydrogens (tertiary/aromatic N) is 1. The largest absolute Gasteiger partial charge is 0.430 e. The van der Waals surface area contributed by atoms with E-state index in [1.54, 1.807) is 6.07 Å². The molecule has 0 spiro atoms. The van der Waals surface area contributed by atoms with Crippen LogP contribution in [0.2, 0.25) is 0 Å². The van der Waals surface area contributed by atoms with E-state index in [1.807, 2.05) is 18.4 Å². The summed E-state index contributed by atoms with van der Waals surface area (Å²) >= 11 is 1.54. The normalized spacial score (nSPS) is 15.8. The number of hydrogen-bond donors (Lipinski definition) is 2. The van der Waals surface area contributed by atoms with Crippen molar-refractivity contribution in [1.82, 2.24) is 4.90 Å². The third-order valence-electron chi connectivity index (χ3n) is 6.32. The van der Waals surface area contributed by atoms with Crippen molar-refractivity contribution in [3.63, 3.8) is 0 Å². The third kappa shape index (κ3) is 4.85. The van der Waals surface area contributed by atoms with E-state index in [0.717, 1.165) is 22.6 Å². The average molecular weight is 555 g/mol. The molecule has 1 aliphatic rings. The molecule has 0 aliphatic carbocycles. The molecule has 0 saturated heterocycles. The van der Waals surface area contributed by atoms with Crippen molar-refractivity contribution in [3.8, 4) is 11.1 Å². The molecule has 3 aromatic rings. The Hall–Kier alpha value is -3.51. The monoisotopic (exact) mass is 554 g/mol. The van der Waals surface area contributed by atoms with E-state index >= 15 is 0 Å². The number of fused-ring (bicyclic) bond motifs is 1. The molecule has 1 heterocycles. The number of alkyl halides is 6. The third-order valence-corrected chi connectivity index (χ3v) is 7.05. The van der Waals surface area contributed by atoms with Gasteiger partial charge in [-0.05, 0) is 52.8 Å². The highest BCUT2D eigenvalue weighted by Gasteiger charge is 2.71. The molecular formula is C26H20F6N2O3S. The maximum absolute atomic E-state index is 13.1. The molecule has 1 aliphatic heterocycles. The summed E-state index contributed by atoms with van der Waals surface area (Å²) in [5, 5.41) is 12.3. The Morgan fingerprint density at radius 2 is 1.50 bits per heavy atom. The second-order valence-corrected chi connectivity index (χ2v) is 9.47. The van der Waals surface area contributed by atoms with E-state index in [-0.39, 0.29) is 6.54 Å². The molecule has 4 rings (SSSR count). The number of rotatable bonds is 6. The van der Waals surface area contributed by atoms with Gasteiger partial charge in [-0.2, -0.15) is 26.3 Å². The number of aliphatic hydroxyl groups is 1. The van der Waals surface area contributed by atoms with E-state index in [0.29, 0.717) is 40.9 Å². The van der Waals surface area contributed by atoms with Crippen molar-refractivity contribution in [2.45, 2.75) is 35.4 Å². The maximum Gasteiger partial charge on any atom is 0.430 e. The molecule has 0 radical (unpaired) electrons. The number of anilines is 1. The van der Waals surface area contributed by atoms with Crippen LogP contribution in [0.3, 0.4) is 0 Å². The predicted molar refractivity (Wildman–Crippen MR) is 129 cm³/mol. The fourth-order valence-electron chi connectivity index (χ4n) is 4.32. The molecule has 3 aromatic carbocycles. The minimum atomic E-state index is -5.97. The molecular weight excluding hydrogens is 534 g/mol. The van der Waals surface area contributed by atoms with Crippen LogP contribution < -0.4 is 5.32 Å². The average Bonchev–Trinajstić information content (AvgIpc) is 3.25. The van der Waals surface area contributed by atoms with Gasteiger partial charge in [-0.3, -0.25) is 9.59 Å². The number of benzene rings is 3. The highest BCUT2D eigenvalue weighted by molar-refractivity contribution is 7.98. The zero-order valence-corrected chi connectivity index (χ0v) is 20.4. The van der Waals surface area contributed by atoms with Gasteiger partial charge in [0.05, 0.1) is 0 Å². The molecule has 12 heteroatoms. The maximum atomic E-state index is 13.1. The minimum absolute atomic E-state index is 0.290. The lowest BCUT2D eigenvalue weighted by Crippen LogP contribution is -2.53. The molecule has 2 N–H and O–H groups in total. The summed E-state index contributed by atoms with van der Waals surface area (Å²) in [4.78, 5) is 27.0. The lowest BCUT2D eigenvalue weighted by molar-refractivity contribution is -0.376. The fourth-order valence-corrected chi connectivity index (χ4v) is 4.78. The summed E-state index contributed by atoms with van der Waals surface area (Å²) in [5.74, 6) is -0.441. The van der Waals surface area contributed by atoms with Gasteiger partial charge < -0.3 is 15.3 Å². The van der Waals surface area contributed by atoms with Crippen LogP contribution in [0.4, 0.5) is 32.0 Å². The molecule has 0 saturated carbocycles. The van der Waals surface area contributed by atoms with Gasteiger partial charge in [0, 0.05) is 22.7 Å². The van der Waals surface area contributed by atoms with E-state index in [2.05, 4.69) is 5.32 Å². The molecule has 0 aromatic heterocycles. The molecule has 5 nitrogen and oxygen atoms in total. The van der Waals surface area contributed by atoms with Crippen molar-refractivity contribution in [2.75, 3.05) is 11.6 Å². The van der Waals surface area contributed by atoms with E-state index in [1.165, 1.54) is 40.9 Å². The molecule has 1 atom stereocenters. The molecule has 2 amide bonds. The SMILES string of the molecule is CSc1ccc2c(c1)CN(C=O)C2C(=O)Nc1ccc(-c2ccc(C(O)(C(F)(F)F)C(F)(F)F)cc2)cc1. The second-order valence-electron chi connectivity index (χ2n) is 8.59. The van der Waals surface area contributed by atoms with E-state index < -0.39 is 35.5 Å². The summed E-state index contributed by atoms with van der Waals surface area (Å²) in [6, 6.07) is 14.0. The van der Waals surface area contributed by atoms with Gasteiger partial charge in [0.25, 0.3) is 11.5 Å². The van der Waals surface area contributed by atoms with Crippen LogP contribution in [0.15, 0.2) is 71.6 Å². The lowest BCUT2D eigenvalue weighted by atomic mass is 9.90. The first-order valence-corrected chi connectivity index (χ1v) is 12.3. The van der Waals surface area contributed by atoms with Crippen molar-refractivity contribution < 1.29 is 41.0 Å². The van der Waals surface area contributed by atoms with Gasteiger partial charge in [-0.25, -0.2) is 0 Å². The van der Waals surface area contributed by atoms with E-state index in [9.17, 15) is 41.0 Å². The van der Waals surface area contributed by atoms with Gasteiger partial charge in [-0.15, -0.1) is 11.8 Å². The summed E-state index contributed by atoms with van der Waals surface area (Å²) < 4.78 is 78.6. The van der Waals surface area contributed by atoms with E-state index in [4.69, 9.17) is 0 Å². The van der Waals surface area contributed by atoms with Crippen LogP contribution in [0.25, 0.3) is 11.1 Å². The summed E-state index contributed by atoms with van der Waals surface area (Å²) in [5.41, 5.74) is -3.67. The number of amides is 2. The molecule has 38 heavy (non-hydrogen) atoms. The van der Waals surface area contributed by atoms with Crippen LogP contribution in [-0.4, -0.2) is 40.9 Å². The van der Waals surface area contributed by atoms with Crippen molar-refractivity contribution in [3.05, 3.63) is 83.4 Å². The van der Waals surface area contributed by atoms with Gasteiger partial charge in [-0.1, -0.05) is 42.5 Å². The Balaban J connectivity index is 1.52. The fraction of sp³-hybridized carbons (Fsp3) is 0.231. The summed E-state index contributed by atoms with van der Waals surface area (Å²) in [6.07, 6.45) is -9.41. The minimum Gasteiger partial charge on any atom is -0.369 e. The topological polar surface area (TPSA) is 69.6 Å². The molecule has 0 bridgehead atoms. The number of nitrogens with one attached hydrogen (secondary N) is 1. The zero-order valence-electron chi connectivity index (χ0n) is 19.6. The lowest BCUT2D eigenvalue weighted by Gasteiger charge is -2.32. The quantitative estimate of drug-likeness (QED) is 0.222. The number of thioether (sulfide) groups is 1. The van der Waals surface area contributed by atoms with Gasteiger partial charge in [0.15, 0.2) is 0 Å². The summed E-state index contributed by atoms with van der Waals surface area (Å²) in [7, 11) is 0. The van der Waals surface area contributed by atoms with Crippen molar-refractivity contribution in [1.29, 1.82) is 0 Å². The van der Waals surface area contributed by atoms with Crippen LogP contribution >= 0.6 is 11.8 Å². The Morgan fingerprint density at radius 1 is 0.947 bits per heavy atom. The Morgan fingerprint density at radius 3 is 2.00 bits per heavy atom. The smallest absolute Gasteiger partial charge is 0.369 e. The van der Waals surface area contributed by atoms with Crippen molar-refractivity contribution >= 4 is 29.8 Å². The number of hydrogen-bond acceptors (Lipinski definition) is 4. The van der Waals surface area contributed by atoms with Crippen LogP contribution in [0.5, 0.6) is 0 Å².